The van der Waals surface area contributed by atoms with Crippen LogP contribution in [0.1, 0.15) is 15.8 Å². The second-order valence-electron chi connectivity index (χ2n) is 4.42. The number of para-hydroxylation sites is 2. The summed E-state index contributed by atoms with van der Waals surface area (Å²) in [6.45, 7) is 2.53. The predicted octanol–water partition coefficient (Wildman–Crippen LogP) is 4.94. The van der Waals surface area contributed by atoms with E-state index in [1.165, 1.54) is 5.56 Å². The quantitative estimate of drug-likeness (QED) is 0.707. The second kappa shape index (κ2) is 5.35. The van der Waals surface area contributed by atoms with Gasteiger partial charge in [-0.25, -0.2) is 0 Å². The number of thiophene rings is 1. The number of aryl methyl sites for hydroxylation is 1. The first-order valence-corrected chi connectivity index (χ1v) is 7.98. The average molecular weight is 360 g/mol. The molecule has 0 fully saturated rings. The van der Waals surface area contributed by atoms with Gasteiger partial charge < -0.3 is 9.47 Å². The molecule has 0 saturated carbocycles. The minimum absolute atomic E-state index is 0.165. The lowest BCUT2D eigenvalue weighted by molar-refractivity contribution is 0.0883. The van der Waals surface area contributed by atoms with Gasteiger partial charge in [0, 0.05) is 4.88 Å². The Kier molecular flexibility index (Phi) is 3.74. The van der Waals surface area contributed by atoms with Gasteiger partial charge in [-0.1, -0.05) is 12.1 Å². The number of hydrogen-bond acceptors (Lipinski definition) is 3. The van der Waals surface area contributed by atoms with E-state index >= 15 is 0 Å². The molecular formula is C14H12BrClO2S. The van der Waals surface area contributed by atoms with Gasteiger partial charge in [0.1, 0.15) is 12.0 Å². The van der Waals surface area contributed by atoms with Crippen molar-refractivity contribution in [3.63, 3.8) is 0 Å². The summed E-state index contributed by atoms with van der Waals surface area (Å²) in [6, 6.07) is 9.76. The molecule has 2 atom stereocenters. The van der Waals surface area contributed by atoms with Gasteiger partial charge in [-0.3, -0.25) is 0 Å². The van der Waals surface area contributed by atoms with Crippen LogP contribution in [0.5, 0.6) is 11.5 Å². The number of alkyl halides is 1. The molecule has 1 aromatic heterocycles. The van der Waals surface area contributed by atoms with E-state index in [4.69, 9.17) is 21.1 Å². The van der Waals surface area contributed by atoms with Crippen LogP contribution in [0, 0.1) is 6.92 Å². The molecule has 19 heavy (non-hydrogen) atoms. The number of benzene rings is 1. The maximum atomic E-state index is 6.52. The lowest BCUT2D eigenvalue weighted by Crippen LogP contribution is -2.32. The van der Waals surface area contributed by atoms with Crippen molar-refractivity contribution in [3.05, 3.63) is 44.6 Å². The Morgan fingerprint density at radius 3 is 2.79 bits per heavy atom. The molecule has 100 valence electrons. The Morgan fingerprint density at radius 1 is 1.37 bits per heavy atom. The Morgan fingerprint density at radius 2 is 2.11 bits per heavy atom. The second-order valence-corrected chi connectivity index (χ2v) is 7.29. The van der Waals surface area contributed by atoms with E-state index < -0.39 is 0 Å². The van der Waals surface area contributed by atoms with Crippen LogP contribution in [0.4, 0.5) is 0 Å². The van der Waals surface area contributed by atoms with Crippen LogP contribution >= 0.6 is 38.9 Å². The summed E-state index contributed by atoms with van der Waals surface area (Å²) in [5.74, 6) is 1.54. The zero-order valence-electron chi connectivity index (χ0n) is 10.2. The smallest absolute Gasteiger partial charge is 0.161 e. The normalized spacial score (nSPS) is 19.2. The molecule has 2 aromatic rings. The molecule has 0 aliphatic carbocycles. The zero-order valence-corrected chi connectivity index (χ0v) is 13.4. The maximum absolute atomic E-state index is 6.52. The van der Waals surface area contributed by atoms with Gasteiger partial charge in [0.2, 0.25) is 0 Å². The summed E-state index contributed by atoms with van der Waals surface area (Å²) in [4.78, 5) is 1.10. The third-order valence-corrected chi connectivity index (χ3v) is 5.87. The Labute approximate surface area is 129 Å². The Bertz CT molecular complexity index is 579. The summed E-state index contributed by atoms with van der Waals surface area (Å²) in [6.07, 6.45) is -0.165. The van der Waals surface area contributed by atoms with Crippen LogP contribution in [-0.4, -0.2) is 12.7 Å². The summed E-state index contributed by atoms with van der Waals surface area (Å²) >= 11 is 11.7. The van der Waals surface area contributed by atoms with Crippen molar-refractivity contribution in [2.24, 2.45) is 0 Å². The van der Waals surface area contributed by atoms with Crippen LogP contribution in [0.25, 0.3) is 0 Å². The SMILES string of the molecule is Cc1cc(C(Cl)C2COc3ccccc3O2)sc1Br. The summed E-state index contributed by atoms with van der Waals surface area (Å²) in [7, 11) is 0. The molecule has 0 amide bonds. The number of halogens is 2. The Balaban J connectivity index is 1.81. The van der Waals surface area contributed by atoms with E-state index in [0.717, 1.165) is 20.2 Å². The summed E-state index contributed by atoms with van der Waals surface area (Å²) in [5.41, 5.74) is 1.20. The molecule has 0 radical (unpaired) electrons. The molecule has 3 rings (SSSR count). The molecule has 1 aromatic carbocycles. The van der Waals surface area contributed by atoms with Gasteiger partial charge in [0.05, 0.1) is 3.79 Å². The zero-order chi connectivity index (χ0) is 13.4. The van der Waals surface area contributed by atoms with Crippen LogP contribution in [0.15, 0.2) is 34.1 Å². The van der Waals surface area contributed by atoms with E-state index in [0.29, 0.717) is 6.61 Å². The summed E-state index contributed by atoms with van der Waals surface area (Å²) in [5, 5.41) is -0.205. The molecule has 0 bridgehead atoms. The molecule has 1 aliphatic heterocycles. The third kappa shape index (κ3) is 2.62. The monoisotopic (exact) mass is 358 g/mol. The van der Waals surface area contributed by atoms with E-state index in [-0.39, 0.29) is 11.5 Å². The first-order chi connectivity index (χ1) is 9.15. The highest BCUT2D eigenvalue weighted by molar-refractivity contribution is 9.11. The molecule has 0 saturated heterocycles. The van der Waals surface area contributed by atoms with Gasteiger partial charge >= 0.3 is 0 Å². The van der Waals surface area contributed by atoms with Gasteiger partial charge in [-0.15, -0.1) is 22.9 Å². The minimum atomic E-state index is -0.205. The number of hydrogen-bond donors (Lipinski definition) is 0. The minimum Gasteiger partial charge on any atom is -0.486 e. The van der Waals surface area contributed by atoms with Gasteiger partial charge in [0.25, 0.3) is 0 Å². The molecule has 2 heterocycles. The number of fused-ring (bicyclic) bond motifs is 1. The number of ether oxygens (including phenoxy) is 2. The van der Waals surface area contributed by atoms with Crippen LogP contribution in [0.2, 0.25) is 0 Å². The highest BCUT2D eigenvalue weighted by atomic mass is 79.9. The molecule has 0 N–H and O–H groups in total. The van der Waals surface area contributed by atoms with Crippen molar-refractivity contribution in [1.29, 1.82) is 0 Å². The highest BCUT2D eigenvalue weighted by Crippen LogP contribution is 2.40. The molecule has 5 heteroatoms. The third-order valence-electron chi connectivity index (χ3n) is 3.01. The lowest BCUT2D eigenvalue weighted by atomic mass is 10.2. The maximum Gasteiger partial charge on any atom is 0.161 e. The van der Waals surface area contributed by atoms with Crippen molar-refractivity contribution in [3.8, 4) is 11.5 Å². The van der Waals surface area contributed by atoms with Crippen LogP contribution in [-0.2, 0) is 0 Å². The predicted molar refractivity (Wildman–Crippen MR) is 81.7 cm³/mol. The summed E-state index contributed by atoms with van der Waals surface area (Å²) < 4.78 is 12.7. The largest absolute Gasteiger partial charge is 0.486 e. The van der Waals surface area contributed by atoms with E-state index in [2.05, 4.69) is 28.9 Å². The van der Waals surface area contributed by atoms with Gasteiger partial charge in [-0.2, -0.15) is 0 Å². The Hall–Kier alpha value is -0.710. The number of rotatable bonds is 2. The van der Waals surface area contributed by atoms with Crippen molar-refractivity contribution in [1.82, 2.24) is 0 Å². The van der Waals surface area contributed by atoms with Gasteiger partial charge in [-0.05, 0) is 46.6 Å². The highest BCUT2D eigenvalue weighted by Gasteiger charge is 2.29. The lowest BCUT2D eigenvalue weighted by Gasteiger charge is -2.28. The van der Waals surface area contributed by atoms with Crippen molar-refractivity contribution >= 4 is 38.9 Å². The van der Waals surface area contributed by atoms with Crippen LogP contribution in [0.3, 0.4) is 0 Å². The molecule has 0 spiro atoms. The fraction of sp³-hybridized carbons (Fsp3) is 0.286. The molecule has 2 nitrogen and oxygen atoms in total. The standard InChI is InChI=1S/C14H12BrClO2S/c1-8-6-12(19-14(8)15)13(16)11-7-17-9-4-2-3-5-10(9)18-11/h2-6,11,13H,7H2,1H3. The van der Waals surface area contributed by atoms with Crippen molar-refractivity contribution in [2.45, 2.75) is 18.4 Å². The molecule has 2 unspecified atom stereocenters. The van der Waals surface area contributed by atoms with Crippen LogP contribution < -0.4 is 9.47 Å². The first-order valence-electron chi connectivity index (χ1n) is 5.93. The van der Waals surface area contributed by atoms with Crippen molar-refractivity contribution < 1.29 is 9.47 Å². The fourth-order valence-electron chi connectivity index (χ4n) is 1.98. The van der Waals surface area contributed by atoms with E-state index in [9.17, 15) is 0 Å². The van der Waals surface area contributed by atoms with E-state index in [1.807, 2.05) is 24.3 Å². The molecular weight excluding hydrogens is 348 g/mol. The molecule has 1 aliphatic rings. The van der Waals surface area contributed by atoms with Gasteiger partial charge in [0.15, 0.2) is 17.6 Å². The van der Waals surface area contributed by atoms with Crippen molar-refractivity contribution in [2.75, 3.05) is 6.61 Å². The van der Waals surface area contributed by atoms with E-state index in [1.54, 1.807) is 11.3 Å². The average Bonchev–Trinajstić information content (AvgIpc) is 2.77. The topological polar surface area (TPSA) is 18.5 Å². The first kappa shape index (κ1) is 13.3. The fourth-order valence-corrected chi connectivity index (χ4v) is 3.91.